The maximum absolute atomic E-state index is 14.2. The highest BCUT2D eigenvalue weighted by molar-refractivity contribution is 6.26. The number of piperazine rings is 1. The van der Waals surface area contributed by atoms with Gasteiger partial charge >= 0.3 is 0 Å². The Hall–Kier alpha value is -3.37. The van der Waals surface area contributed by atoms with Crippen molar-refractivity contribution in [2.75, 3.05) is 52.1 Å². The van der Waals surface area contributed by atoms with Gasteiger partial charge in [0, 0.05) is 75.4 Å². The number of hydrogen-bond acceptors (Lipinski definition) is 8. The van der Waals surface area contributed by atoms with E-state index in [4.69, 9.17) is 4.98 Å². The summed E-state index contributed by atoms with van der Waals surface area (Å²) >= 11 is 0. The van der Waals surface area contributed by atoms with Crippen molar-refractivity contribution in [1.29, 1.82) is 0 Å². The number of amides is 1. The Kier molecular flexibility index (Phi) is 7.80. The molecule has 40 heavy (non-hydrogen) atoms. The average Bonchev–Trinajstić information content (AvgIpc) is 3.79. The lowest BCUT2D eigenvalue weighted by atomic mass is 9.90. The Labute approximate surface area is 234 Å². The summed E-state index contributed by atoms with van der Waals surface area (Å²) in [6.07, 6.45) is 8.90. The first-order valence-electron chi connectivity index (χ1n) is 14.7. The molecule has 10 heteroatoms. The van der Waals surface area contributed by atoms with Crippen LogP contribution in [0.15, 0.2) is 34.2 Å². The van der Waals surface area contributed by atoms with E-state index >= 15 is 0 Å². The third-order valence-corrected chi connectivity index (χ3v) is 8.72. The van der Waals surface area contributed by atoms with Gasteiger partial charge in [0.15, 0.2) is 0 Å². The minimum atomic E-state index is -0.161. The van der Waals surface area contributed by atoms with Gasteiger partial charge in [0.1, 0.15) is 5.65 Å². The number of nitrogens with one attached hydrogen (secondary N) is 2. The number of aromatic nitrogens is 3. The van der Waals surface area contributed by atoms with Crippen LogP contribution in [-0.2, 0) is 11.3 Å². The highest BCUT2D eigenvalue weighted by Gasteiger charge is 2.27. The van der Waals surface area contributed by atoms with Crippen LogP contribution in [0.5, 0.6) is 0 Å². The number of rotatable bonds is 8. The van der Waals surface area contributed by atoms with Gasteiger partial charge in [-0.3, -0.25) is 24.0 Å². The van der Waals surface area contributed by atoms with E-state index in [0.29, 0.717) is 17.5 Å². The molecular formula is C30H40N8O2. The zero-order valence-corrected chi connectivity index (χ0v) is 23.6. The van der Waals surface area contributed by atoms with E-state index in [-0.39, 0.29) is 23.6 Å². The fourth-order valence-corrected chi connectivity index (χ4v) is 6.15. The first-order chi connectivity index (χ1) is 19.5. The summed E-state index contributed by atoms with van der Waals surface area (Å²) in [5.41, 5.74) is 1.87. The van der Waals surface area contributed by atoms with Crippen molar-refractivity contribution >= 4 is 39.9 Å². The van der Waals surface area contributed by atoms with Crippen LogP contribution in [0.1, 0.15) is 50.1 Å². The predicted octanol–water partition coefficient (Wildman–Crippen LogP) is 2.81. The van der Waals surface area contributed by atoms with Gasteiger partial charge in [-0.2, -0.15) is 4.98 Å². The lowest BCUT2D eigenvalue weighted by Crippen LogP contribution is -2.43. The number of anilines is 1. The third-order valence-electron chi connectivity index (χ3n) is 8.72. The van der Waals surface area contributed by atoms with Crippen LogP contribution in [0.25, 0.3) is 21.8 Å². The summed E-state index contributed by atoms with van der Waals surface area (Å²) in [7, 11) is 3.76. The lowest BCUT2D eigenvalue weighted by Gasteiger charge is -2.32. The van der Waals surface area contributed by atoms with E-state index in [1.165, 1.54) is 19.1 Å². The molecule has 1 aromatic carbocycles. The molecule has 2 aromatic heterocycles. The van der Waals surface area contributed by atoms with Crippen LogP contribution in [0.4, 0.5) is 5.95 Å². The second-order valence-electron chi connectivity index (χ2n) is 11.8. The van der Waals surface area contributed by atoms with Crippen molar-refractivity contribution in [2.24, 2.45) is 10.9 Å². The number of benzene rings is 1. The number of nitrogens with zero attached hydrogens (tertiary/aromatic N) is 6. The molecule has 3 fully saturated rings. The molecule has 2 aliphatic carbocycles. The Morgan fingerprint density at radius 1 is 1.05 bits per heavy atom. The summed E-state index contributed by atoms with van der Waals surface area (Å²) in [4.78, 5) is 44.5. The van der Waals surface area contributed by atoms with Crippen LogP contribution in [0.3, 0.4) is 0 Å². The van der Waals surface area contributed by atoms with Crippen molar-refractivity contribution < 1.29 is 4.79 Å². The van der Waals surface area contributed by atoms with Crippen molar-refractivity contribution in [3.05, 3.63) is 40.3 Å². The van der Waals surface area contributed by atoms with E-state index in [0.717, 1.165) is 86.7 Å². The molecule has 0 atom stereocenters. The Balaban J connectivity index is 1.34. The van der Waals surface area contributed by atoms with Gasteiger partial charge in [0.05, 0.1) is 6.21 Å². The summed E-state index contributed by atoms with van der Waals surface area (Å²) in [5, 5.41) is 8.98. The van der Waals surface area contributed by atoms with Crippen molar-refractivity contribution in [2.45, 2.75) is 57.2 Å². The zero-order valence-electron chi connectivity index (χ0n) is 23.6. The van der Waals surface area contributed by atoms with E-state index in [9.17, 15) is 9.59 Å². The number of hydrogen-bond donors (Lipinski definition) is 2. The van der Waals surface area contributed by atoms with E-state index < -0.39 is 0 Å². The first kappa shape index (κ1) is 26.8. The van der Waals surface area contributed by atoms with Gasteiger partial charge in [0.2, 0.25) is 5.95 Å². The van der Waals surface area contributed by atoms with Gasteiger partial charge in [-0.1, -0.05) is 12.1 Å². The van der Waals surface area contributed by atoms with Gasteiger partial charge in [-0.25, -0.2) is 4.98 Å². The highest BCUT2D eigenvalue weighted by Crippen LogP contribution is 2.33. The molecule has 1 amide bonds. The molecule has 3 heterocycles. The first-order valence-corrected chi connectivity index (χ1v) is 14.7. The van der Waals surface area contributed by atoms with E-state index in [1.54, 1.807) is 7.05 Å². The maximum atomic E-state index is 14.2. The van der Waals surface area contributed by atoms with Gasteiger partial charge in [-0.05, 0) is 68.5 Å². The van der Waals surface area contributed by atoms with Crippen molar-refractivity contribution in [3.63, 3.8) is 0 Å². The zero-order chi connectivity index (χ0) is 27.6. The second kappa shape index (κ2) is 11.6. The number of fused-ring (bicyclic) bond motifs is 3. The second-order valence-corrected chi connectivity index (χ2v) is 11.8. The van der Waals surface area contributed by atoms with Crippen LogP contribution < -0.4 is 16.2 Å². The van der Waals surface area contributed by atoms with Crippen LogP contribution in [-0.4, -0.2) is 89.3 Å². The average molecular weight is 545 g/mol. The van der Waals surface area contributed by atoms with Crippen molar-refractivity contribution in [3.8, 4) is 0 Å². The Bertz CT molecular complexity index is 1460. The number of carbonyl (C=O) groups is 1. The van der Waals surface area contributed by atoms with Gasteiger partial charge in [0.25, 0.3) is 11.5 Å². The molecule has 212 valence electrons. The molecule has 2 saturated carbocycles. The largest absolute Gasteiger partial charge is 0.354 e. The number of likely N-dealkylation sites (N-methyl/N-ethyl adjacent to an activating group) is 1. The molecule has 0 spiro atoms. The molecule has 0 unspecified atom stereocenters. The van der Waals surface area contributed by atoms with E-state index in [1.807, 2.05) is 10.8 Å². The topological polar surface area (TPSA) is 108 Å². The Morgan fingerprint density at radius 2 is 1.82 bits per heavy atom. The Morgan fingerprint density at radius 3 is 2.55 bits per heavy atom. The molecule has 10 nitrogen and oxygen atoms in total. The fraction of sp³-hybridized carbons (Fsp3) is 0.567. The van der Waals surface area contributed by atoms with Gasteiger partial charge in [-0.15, -0.1) is 0 Å². The minimum Gasteiger partial charge on any atom is -0.354 e. The van der Waals surface area contributed by atoms with Gasteiger partial charge < -0.3 is 15.5 Å². The van der Waals surface area contributed by atoms with Crippen LogP contribution >= 0.6 is 0 Å². The molecule has 3 aliphatic rings. The van der Waals surface area contributed by atoms with E-state index in [2.05, 4.69) is 55.7 Å². The molecule has 6 rings (SSSR count). The van der Waals surface area contributed by atoms with Crippen LogP contribution in [0, 0.1) is 5.92 Å². The summed E-state index contributed by atoms with van der Waals surface area (Å²) in [6.45, 7) is 5.90. The molecule has 1 saturated heterocycles. The number of pyridine rings is 1. The number of carbonyl (C=O) groups excluding carboxylic acids is 1. The molecule has 0 bridgehead atoms. The summed E-state index contributed by atoms with van der Waals surface area (Å²) in [6, 6.07) is 6.42. The lowest BCUT2D eigenvalue weighted by molar-refractivity contribution is -0.115. The smallest absolute Gasteiger partial charge is 0.262 e. The summed E-state index contributed by atoms with van der Waals surface area (Å²) < 4.78 is 1.92. The summed E-state index contributed by atoms with van der Waals surface area (Å²) in [5.74, 6) is 1.12. The standard InChI is InChI=1S/C30H40N8O2/c1-31-18-27(39)34-22-6-8-23(9-7-22)38-28-26(17-33-30(35-28)32-16-20-3-4-20)24-10-5-21(15-25(24)29(38)40)19-37-13-11-36(2)12-14-37/h5,10,15,17-18,20,22-23H,3-4,6-9,11-14,16,19H2,1-2H3,(H,34,39)(H,32,33,35). The predicted molar refractivity (Wildman–Crippen MR) is 159 cm³/mol. The third kappa shape index (κ3) is 5.88. The SMILES string of the molecule is CN=CC(=O)NC1CCC(n2c(=O)c3cc(CN4CCN(C)CC4)ccc3c3cnc(NCC4CC4)nc32)CC1. The molecule has 2 N–H and O–H groups in total. The number of aliphatic imine (C=N–C) groups is 1. The minimum absolute atomic E-state index is 0.0138. The molecule has 1 aliphatic heterocycles. The maximum Gasteiger partial charge on any atom is 0.262 e. The fourth-order valence-electron chi connectivity index (χ4n) is 6.15. The van der Waals surface area contributed by atoms with Crippen molar-refractivity contribution in [1.82, 2.24) is 29.7 Å². The van der Waals surface area contributed by atoms with Crippen LogP contribution in [0.2, 0.25) is 0 Å². The molecular weight excluding hydrogens is 504 g/mol. The molecule has 3 aromatic rings. The quantitative estimate of drug-likeness (QED) is 0.332. The highest BCUT2D eigenvalue weighted by atomic mass is 16.1. The normalized spacial score (nSPS) is 22.8. The molecule has 0 radical (unpaired) electrons. The monoisotopic (exact) mass is 544 g/mol.